The molecule has 2 nitrogen and oxygen atoms in total. The molecule has 1 unspecified atom stereocenters. The molecule has 92 valence electrons. The summed E-state index contributed by atoms with van der Waals surface area (Å²) in [6.45, 7) is 7.24. The van der Waals surface area contributed by atoms with Crippen LogP contribution in [0.1, 0.15) is 34.0 Å². The van der Waals surface area contributed by atoms with Gasteiger partial charge >= 0.3 is 0 Å². The molecule has 2 rings (SSSR count). The molecule has 0 bridgehead atoms. The summed E-state index contributed by atoms with van der Waals surface area (Å²) in [4.78, 5) is 2.64. The van der Waals surface area contributed by atoms with E-state index in [0.29, 0.717) is 5.22 Å². The van der Waals surface area contributed by atoms with Gasteiger partial charge in [-0.2, -0.15) is 0 Å². The molecule has 2 aromatic rings. The van der Waals surface area contributed by atoms with Gasteiger partial charge in [-0.3, -0.25) is 0 Å². The van der Waals surface area contributed by atoms with Crippen LogP contribution in [0.15, 0.2) is 22.6 Å². The van der Waals surface area contributed by atoms with Crippen molar-refractivity contribution in [1.29, 1.82) is 0 Å². The molecule has 0 fully saturated rings. The number of thiophene rings is 1. The van der Waals surface area contributed by atoms with E-state index >= 15 is 0 Å². The Morgan fingerprint density at radius 2 is 2.18 bits per heavy atom. The molecule has 2 heterocycles. The molecule has 1 atom stereocenters. The Hall–Kier alpha value is -0.770. The third-order valence-electron chi connectivity index (χ3n) is 2.68. The lowest BCUT2D eigenvalue weighted by atomic mass is 10.1. The maximum absolute atomic E-state index is 5.85. The highest BCUT2D eigenvalue weighted by molar-refractivity contribution is 7.12. The van der Waals surface area contributed by atoms with Crippen LogP contribution in [-0.2, 0) is 0 Å². The molecule has 0 aliphatic rings. The lowest BCUT2D eigenvalue weighted by molar-refractivity contribution is 0.453. The SMILES string of the molecule is CCNC(c1ccc(Cl)o1)c1cc(C)sc1C. The zero-order chi connectivity index (χ0) is 12.4. The van der Waals surface area contributed by atoms with Crippen LogP contribution in [0.2, 0.25) is 5.22 Å². The van der Waals surface area contributed by atoms with E-state index in [2.05, 4.69) is 32.2 Å². The average molecular weight is 270 g/mol. The standard InChI is InChI=1S/C13H16ClNOS/c1-4-15-13(11-5-6-12(14)16-11)10-7-8(2)17-9(10)3/h5-7,13,15H,4H2,1-3H3. The van der Waals surface area contributed by atoms with E-state index in [4.69, 9.17) is 16.0 Å². The second-order valence-electron chi connectivity index (χ2n) is 4.00. The van der Waals surface area contributed by atoms with Gasteiger partial charge < -0.3 is 9.73 Å². The maximum atomic E-state index is 5.85. The Bertz CT molecular complexity index is 503. The van der Waals surface area contributed by atoms with E-state index in [1.165, 1.54) is 15.3 Å². The van der Waals surface area contributed by atoms with Crippen molar-refractivity contribution in [3.63, 3.8) is 0 Å². The third kappa shape index (κ3) is 2.73. The molecule has 0 amide bonds. The smallest absolute Gasteiger partial charge is 0.193 e. The second kappa shape index (κ2) is 5.25. The van der Waals surface area contributed by atoms with Crippen LogP contribution in [0, 0.1) is 13.8 Å². The summed E-state index contributed by atoms with van der Waals surface area (Å²) in [7, 11) is 0. The molecule has 0 aliphatic carbocycles. The van der Waals surface area contributed by atoms with Crippen molar-refractivity contribution in [1.82, 2.24) is 5.32 Å². The molecule has 2 aromatic heterocycles. The molecule has 17 heavy (non-hydrogen) atoms. The van der Waals surface area contributed by atoms with Crippen molar-refractivity contribution in [3.05, 3.63) is 44.5 Å². The van der Waals surface area contributed by atoms with Gasteiger partial charge in [0.2, 0.25) is 0 Å². The number of furan rings is 1. The Morgan fingerprint density at radius 1 is 1.41 bits per heavy atom. The minimum atomic E-state index is 0.0949. The van der Waals surface area contributed by atoms with Crippen molar-refractivity contribution < 1.29 is 4.42 Å². The number of rotatable bonds is 4. The summed E-state index contributed by atoms with van der Waals surface area (Å²) in [6.07, 6.45) is 0. The van der Waals surface area contributed by atoms with Crippen LogP contribution in [0.3, 0.4) is 0 Å². The molecular formula is C13H16ClNOS. The summed E-state index contributed by atoms with van der Waals surface area (Å²) in [6, 6.07) is 6.03. The first-order chi connectivity index (χ1) is 8.11. The minimum Gasteiger partial charge on any atom is -0.448 e. The second-order valence-corrected chi connectivity index (χ2v) is 5.83. The quantitative estimate of drug-likeness (QED) is 0.895. The first-order valence-corrected chi connectivity index (χ1v) is 6.86. The van der Waals surface area contributed by atoms with E-state index in [1.807, 2.05) is 17.4 Å². The first-order valence-electron chi connectivity index (χ1n) is 5.67. The molecule has 0 radical (unpaired) electrons. The largest absolute Gasteiger partial charge is 0.448 e. The molecule has 0 spiro atoms. The Labute approximate surface area is 111 Å². The van der Waals surface area contributed by atoms with Gasteiger partial charge in [-0.1, -0.05) is 6.92 Å². The Balaban J connectivity index is 2.38. The van der Waals surface area contributed by atoms with Crippen LogP contribution >= 0.6 is 22.9 Å². The first kappa shape index (κ1) is 12.7. The van der Waals surface area contributed by atoms with Crippen LogP contribution in [0.25, 0.3) is 0 Å². The predicted molar refractivity (Wildman–Crippen MR) is 73.0 cm³/mol. The molecule has 0 aliphatic heterocycles. The van der Waals surface area contributed by atoms with Gasteiger partial charge in [-0.05, 0) is 55.8 Å². The fourth-order valence-corrected chi connectivity index (χ4v) is 3.10. The molecular weight excluding hydrogens is 254 g/mol. The predicted octanol–water partition coefficient (Wildman–Crippen LogP) is 4.31. The van der Waals surface area contributed by atoms with E-state index in [1.54, 1.807) is 6.07 Å². The fourth-order valence-electron chi connectivity index (χ4n) is 1.99. The third-order valence-corrected chi connectivity index (χ3v) is 3.86. The van der Waals surface area contributed by atoms with Crippen molar-refractivity contribution in [2.75, 3.05) is 6.54 Å². The van der Waals surface area contributed by atoms with E-state index in [9.17, 15) is 0 Å². The van der Waals surface area contributed by atoms with Gasteiger partial charge in [0.25, 0.3) is 0 Å². The van der Waals surface area contributed by atoms with E-state index in [-0.39, 0.29) is 6.04 Å². The number of hydrogen-bond acceptors (Lipinski definition) is 3. The highest BCUT2D eigenvalue weighted by Crippen LogP contribution is 2.32. The lowest BCUT2D eigenvalue weighted by Gasteiger charge is -2.15. The Morgan fingerprint density at radius 3 is 2.65 bits per heavy atom. The normalized spacial score (nSPS) is 12.9. The Kier molecular flexibility index (Phi) is 3.92. The van der Waals surface area contributed by atoms with E-state index in [0.717, 1.165) is 12.3 Å². The summed E-state index contributed by atoms with van der Waals surface area (Å²) >= 11 is 7.66. The van der Waals surface area contributed by atoms with Gasteiger partial charge in [0.05, 0.1) is 6.04 Å². The van der Waals surface area contributed by atoms with Gasteiger partial charge in [0.1, 0.15) is 5.76 Å². The van der Waals surface area contributed by atoms with Crippen LogP contribution in [0.5, 0.6) is 0 Å². The highest BCUT2D eigenvalue weighted by atomic mass is 35.5. The maximum Gasteiger partial charge on any atom is 0.193 e. The summed E-state index contributed by atoms with van der Waals surface area (Å²) in [5, 5.41) is 3.87. The number of nitrogens with one attached hydrogen (secondary N) is 1. The number of hydrogen-bond donors (Lipinski definition) is 1. The number of aryl methyl sites for hydroxylation is 2. The summed E-state index contributed by atoms with van der Waals surface area (Å²) < 4.78 is 5.52. The minimum absolute atomic E-state index is 0.0949. The van der Waals surface area contributed by atoms with Crippen LogP contribution in [-0.4, -0.2) is 6.54 Å². The topological polar surface area (TPSA) is 25.2 Å². The van der Waals surface area contributed by atoms with Crippen LogP contribution in [0.4, 0.5) is 0 Å². The monoisotopic (exact) mass is 269 g/mol. The van der Waals surface area contributed by atoms with Crippen molar-refractivity contribution >= 4 is 22.9 Å². The molecule has 0 saturated heterocycles. The summed E-state index contributed by atoms with van der Waals surface area (Å²) in [5.74, 6) is 0.873. The zero-order valence-corrected chi connectivity index (χ0v) is 11.8. The van der Waals surface area contributed by atoms with Gasteiger partial charge in [-0.15, -0.1) is 11.3 Å². The van der Waals surface area contributed by atoms with Crippen molar-refractivity contribution in [3.8, 4) is 0 Å². The molecule has 0 aromatic carbocycles. The average Bonchev–Trinajstić information content (AvgIpc) is 2.82. The highest BCUT2D eigenvalue weighted by Gasteiger charge is 2.20. The molecule has 1 N–H and O–H groups in total. The zero-order valence-electron chi connectivity index (χ0n) is 10.2. The van der Waals surface area contributed by atoms with Crippen LogP contribution < -0.4 is 5.32 Å². The van der Waals surface area contributed by atoms with Gasteiger partial charge in [0, 0.05) is 9.75 Å². The fraction of sp³-hybridized carbons (Fsp3) is 0.385. The van der Waals surface area contributed by atoms with Crippen molar-refractivity contribution in [2.24, 2.45) is 0 Å². The van der Waals surface area contributed by atoms with Gasteiger partial charge in [0.15, 0.2) is 5.22 Å². The van der Waals surface area contributed by atoms with E-state index < -0.39 is 0 Å². The molecule has 0 saturated carbocycles. The molecule has 4 heteroatoms. The lowest BCUT2D eigenvalue weighted by Crippen LogP contribution is -2.21. The summed E-state index contributed by atoms with van der Waals surface area (Å²) in [5.41, 5.74) is 1.28. The number of halogens is 1. The van der Waals surface area contributed by atoms with Gasteiger partial charge in [-0.25, -0.2) is 0 Å². The van der Waals surface area contributed by atoms with Crippen molar-refractivity contribution in [2.45, 2.75) is 26.8 Å².